The van der Waals surface area contributed by atoms with Gasteiger partial charge in [-0.05, 0) is 90.8 Å². The predicted octanol–water partition coefficient (Wildman–Crippen LogP) is 4.19. The van der Waals surface area contributed by atoms with Crippen LogP contribution >= 0.6 is 0 Å². The summed E-state index contributed by atoms with van der Waals surface area (Å²) in [6.45, 7) is 17.2. The number of carbonyl (C=O) groups excluding carboxylic acids is 1. The Bertz CT molecular complexity index is 606. The summed E-state index contributed by atoms with van der Waals surface area (Å²) in [5.74, 6) is 1.59. The van der Waals surface area contributed by atoms with Crippen LogP contribution in [-0.4, -0.2) is 109 Å². The molecule has 0 saturated carbocycles. The summed E-state index contributed by atoms with van der Waals surface area (Å²) >= 11 is 0. The van der Waals surface area contributed by atoms with Crippen LogP contribution < -0.4 is 0 Å². The van der Waals surface area contributed by atoms with Crippen molar-refractivity contribution in [2.45, 2.75) is 124 Å². The molecule has 39 heavy (non-hydrogen) atoms. The summed E-state index contributed by atoms with van der Waals surface area (Å²) < 4.78 is 10.6. The Hall–Kier alpha value is -0.610. The third-order valence-corrected chi connectivity index (χ3v) is 8.04. The third-order valence-electron chi connectivity index (χ3n) is 8.04. The van der Waals surface area contributed by atoms with Gasteiger partial charge in [-0.3, -0.25) is 0 Å². The normalized spacial score (nSPS) is 25.3. The molecule has 7 unspecified atom stereocenters. The quantitative estimate of drug-likeness (QED) is 0.215. The van der Waals surface area contributed by atoms with E-state index in [9.17, 15) is 20.1 Å². The van der Waals surface area contributed by atoms with E-state index in [0.29, 0.717) is 36.8 Å². The highest BCUT2D eigenvalue weighted by molar-refractivity contribution is 5.52. The summed E-state index contributed by atoms with van der Waals surface area (Å²) in [6.07, 6.45) is 6.90. The maximum absolute atomic E-state index is 10.8. The zero-order chi connectivity index (χ0) is 30.2. The number of rotatable bonds is 18. The maximum atomic E-state index is 10.8. The van der Waals surface area contributed by atoms with E-state index in [0.717, 1.165) is 57.9 Å². The molecular weight excluding hydrogens is 496 g/mol. The molecule has 1 aliphatic heterocycles. The molecule has 234 valence electrons. The van der Waals surface area contributed by atoms with Gasteiger partial charge >= 0.3 is 0 Å². The molecule has 0 aromatic carbocycles. The number of ether oxygens (including phenoxy) is 2. The van der Waals surface area contributed by atoms with Crippen LogP contribution in [0.15, 0.2) is 0 Å². The fourth-order valence-corrected chi connectivity index (χ4v) is 6.15. The molecule has 1 rings (SSSR count). The Morgan fingerprint density at radius 3 is 2.21 bits per heavy atom. The standard InChI is InChI=1S/C23H47NO4.C8H17NO2/c1-8-22(28-7)23(6,27)15-21(5)16-24(11-12-25)10-9-18(2)13-19(3)14-20(4)17-26;1-6-4-7(9(2)3)5-8(10)11-6/h17-22,25,27H,8-16H2,1-7H3;6-8,10H,4-5H2,1-3H3/t18?,19?,20?,21-,22?,23+;/m1./s1. The van der Waals surface area contributed by atoms with Crippen molar-refractivity contribution in [3.63, 3.8) is 0 Å². The molecule has 1 aliphatic rings. The van der Waals surface area contributed by atoms with Crippen LogP contribution in [0, 0.1) is 23.7 Å². The Kier molecular flexibility index (Phi) is 20.0. The number of aliphatic hydroxyl groups excluding tert-OH is 2. The lowest BCUT2D eigenvalue weighted by molar-refractivity contribution is -0.172. The Morgan fingerprint density at radius 2 is 1.72 bits per heavy atom. The highest BCUT2D eigenvalue weighted by Gasteiger charge is 2.33. The number of aliphatic hydroxyl groups is 3. The number of nitrogens with zero attached hydrogens (tertiary/aromatic N) is 2. The van der Waals surface area contributed by atoms with E-state index >= 15 is 0 Å². The molecule has 8 nitrogen and oxygen atoms in total. The third kappa shape index (κ3) is 17.1. The molecule has 0 radical (unpaired) electrons. The van der Waals surface area contributed by atoms with Gasteiger partial charge in [0.2, 0.25) is 0 Å². The fourth-order valence-electron chi connectivity index (χ4n) is 6.15. The second-order valence-corrected chi connectivity index (χ2v) is 12.9. The first-order valence-corrected chi connectivity index (χ1v) is 15.2. The van der Waals surface area contributed by atoms with Crippen LogP contribution in [0.5, 0.6) is 0 Å². The van der Waals surface area contributed by atoms with Crippen molar-refractivity contribution in [3.05, 3.63) is 0 Å². The molecule has 8 heteroatoms. The minimum absolute atomic E-state index is 0.140. The summed E-state index contributed by atoms with van der Waals surface area (Å²) in [7, 11) is 5.73. The molecule has 3 N–H and O–H groups in total. The molecule has 0 aliphatic carbocycles. The summed E-state index contributed by atoms with van der Waals surface area (Å²) in [5, 5.41) is 29.5. The van der Waals surface area contributed by atoms with Crippen molar-refractivity contribution in [3.8, 4) is 0 Å². The van der Waals surface area contributed by atoms with Gasteiger partial charge in [0.15, 0.2) is 6.29 Å². The molecule has 1 saturated heterocycles. The zero-order valence-electron chi connectivity index (χ0n) is 26.9. The van der Waals surface area contributed by atoms with Crippen molar-refractivity contribution >= 4 is 6.29 Å². The Labute approximate surface area is 240 Å². The number of hydrogen-bond acceptors (Lipinski definition) is 8. The van der Waals surface area contributed by atoms with Gasteiger partial charge in [0, 0.05) is 38.6 Å². The highest BCUT2D eigenvalue weighted by atomic mass is 16.6. The van der Waals surface area contributed by atoms with E-state index in [-0.39, 0.29) is 24.7 Å². The van der Waals surface area contributed by atoms with Crippen LogP contribution in [0.4, 0.5) is 0 Å². The number of carbonyl (C=O) groups is 1. The molecule has 1 fully saturated rings. The van der Waals surface area contributed by atoms with E-state index < -0.39 is 11.9 Å². The first-order valence-electron chi connectivity index (χ1n) is 15.2. The lowest BCUT2D eigenvalue weighted by atomic mass is 9.86. The van der Waals surface area contributed by atoms with Crippen molar-refractivity contribution in [2.75, 3.05) is 47.4 Å². The average Bonchev–Trinajstić information content (AvgIpc) is 2.82. The molecule has 0 aromatic rings. The van der Waals surface area contributed by atoms with E-state index in [1.165, 1.54) is 0 Å². The largest absolute Gasteiger partial charge is 0.395 e. The Morgan fingerprint density at radius 1 is 1.08 bits per heavy atom. The lowest BCUT2D eigenvalue weighted by Gasteiger charge is -2.35. The SMILES string of the molecule is CC1CC(N(C)C)CC(O)O1.CCC(OC)[C@@](C)(O)C[C@@H](C)CN(CCO)CCC(C)CC(C)CC(C)C=O. The predicted molar refractivity (Wildman–Crippen MR) is 160 cm³/mol. The second-order valence-electron chi connectivity index (χ2n) is 12.9. The molecule has 9 atom stereocenters. The van der Waals surface area contributed by atoms with Gasteiger partial charge in [0.05, 0.1) is 24.4 Å². The van der Waals surface area contributed by atoms with Crippen molar-refractivity contribution < 1.29 is 29.6 Å². The van der Waals surface area contributed by atoms with Crippen molar-refractivity contribution in [1.29, 1.82) is 0 Å². The summed E-state index contributed by atoms with van der Waals surface area (Å²) in [5.41, 5.74) is -0.841. The van der Waals surface area contributed by atoms with Crippen LogP contribution in [0.2, 0.25) is 0 Å². The van der Waals surface area contributed by atoms with Gasteiger partial charge in [-0.25, -0.2) is 0 Å². The van der Waals surface area contributed by atoms with Gasteiger partial charge in [0.1, 0.15) is 6.29 Å². The van der Waals surface area contributed by atoms with Crippen LogP contribution in [0.25, 0.3) is 0 Å². The summed E-state index contributed by atoms with van der Waals surface area (Å²) in [6, 6.07) is 0.466. The Balaban J connectivity index is 0.00000108. The fraction of sp³-hybridized carbons (Fsp3) is 0.968. The van der Waals surface area contributed by atoms with Gasteiger partial charge in [-0.1, -0.05) is 34.6 Å². The molecule has 0 spiro atoms. The van der Waals surface area contributed by atoms with Crippen molar-refractivity contribution in [2.24, 2.45) is 23.7 Å². The van der Waals surface area contributed by atoms with E-state index in [2.05, 4.69) is 30.6 Å². The highest BCUT2D eigenvalue weighted by Crippen LogP contribution is 2.26. The minimum Gasteiger partial charge on any atom is -0.395 e. The number of hydrogen-bond donors (Lipinski definition) is 3. The van der Waals surface area contributed by atoms with E-state index in [4.69, 9.17) is 9.47 Å². The second kappa shape index (κ2) is 20.3. The zero-order valence-corrected chi connectivity index (χ0v) is 26.9. The van der Waals surface area contributed by atoms with Gasteiger partial charge in [0.25, 0.3) is 0 Å². The monoisotopic (exact) mass is 560 g/mol. The first-order chi connectivity index (χ1) is 18.2. The van der Waals surface area contributed by atoms with Gasteiger partial charge in [-0.15, -0.1) is 0 Å². The van der Waals surface area contributed by atoms with Crippen LogP contribution in [0.1, 0.15) is 93.4 Å². The average molecular weight is 561 g/mol. The lowest BCUT2D eigenvalue weighted by Crippen LogP contribution is -2.43. The molecule has 1 heterocycles. The van der Waals surface area contributed by atoms with Crippen LogP contribution in [-0.2, 0) is 14.3 Å². The smallest absolute Gasteiger partial charge is 0.156 e. The maximum Gasteiger partial charge on any atom is 0.156 e. The minimum atomic E-state index is -0.841. The van der Waals surface area contributed by atoms with Gasteiger partial charge in [-0.2, -0.15) is 0 Å². The van der Waals surface area contributed by atoms with Crippen LogP contribution in [0.3, 0.4) is 0 Å². The van der Waals surface area contributed by atoms with E-state index in [1.54, 1.807) is 7.11 Å². The van der Waals surface area contributed by atoms with Crippen molar-refractivity contribution in [1.82, 2.24) is 9.80 Å². The van der Waals surface area contributed by atoms with Gasteiger partial charge < -0.3 is 39.4 Å². The molecule has 0 bridgehead atoms. The molecule has 0 amide bonds. The number of methoxy groups -OCH3 is 1. The molecular formula is C31H64N2O6. The topological polar surface area (TPSA) is 103 Å². The first kappa shape index (κ1) is 38.4. The number of aldehydes is 1. The summed E-state index contributed by atoms with van der Waals surface area (Å²) in [4.78, 5) is 15.3. The van der Waals surface area contributed by atoms with E-state index in [1.807, 2.05) is 41.8 Å². The molecule has 0 aromatic heterocycles.